The first-order chi connectivity index (χ1) is 8.71. The molecule has 0 radical (unpaired) electrons. The average molecular weight is 346 g/mol. The van der Waals surface area contributed by atoms with Gasteiger partial charge in [0.25, 0.3) is 0 Å². The maximum Gasteiger partial charge on any atom is 1.00 e. The molecule has 0 spiro atoms. The van der Waals surface area contributed by atoms with Gasteiger partial charge in [-0.3, -0.25) is 4.18 Å². The average Bonchev–Trinajstić information content (AvgIpc) is 2.29. The number of aliphatic hydroxyl groups is 1. The van der Waals surface area contributed by atoms with Crippen molar-refractivity contribution in [2.24, 2.45) is 0 Å². The Labute approximate surface area is 165 Å². The molecule has 1 saturated heterocycles. The van der Waals surface area contributed by atoms with Gasteiger partial charge in [-0.25, -0.2) is 8.42 Å². The van der Waals surface area contributed by atoms with E-state index in [0.29, 0.717) is 0 Å². The Morgan fingerprint density at radius 1 is 1.19 bits per heavy atom. The third-order valence-electron chi connectivity index (χ3n) is 2.49. The van der Waals surface area contributed by atoms with Gasteiger partial charge in [-0.05, 0) is 0 Å². The van der Waals surface area contributed by atoms with Crippen molar-refractivity contribution < 1.29 is 105 Å². The zero-order valence-corrected chi connectivity index (χ0v) is 16.7. The van der Waals surface area contributed by atoms with Crippen molar-refractivity contribution >= 4 is 16.4 Å². The maximum absolute atomic E-state index is 10.8. The Balaban J connectivity index is 0. The van der Waals surface area contributed by atoms with E-state index in [1.165, 1.54) is 0 Å². The minimum Gasteiger partial charge on any atom is -0.726 e. The van der Waals surface area contributed by atoms with Crippen LogP contribution in [0.25, 0.3) is 0 Å². The molecular weight excluding hydrogens is 334 g/mol. The molecule has 10 nitrogen and oxygen atoms in total. The van der Waals surface area contributed by atoms with Gasteiger partial charge in [-0.1, -0.05) is 0 Å². The fourth-order valence-corrected chi connectivity index (χ4v) is 2.18. The standard InChI is InChI=1S/C8H14O10S.2Na/c1-15-4-3(9)5(18-19(12,13)14)8(16-2)17-6(4)7(10)11;;/h3-6,8-9H,1-2H3,(H,10,11)(H,12,13,14);;/q;2*+1/p-2/t3-,4-,5+,6+,8+;;/m0../s1. The molecule has 5 atom stereocenters. The van der Waals surface area contributed by atoms with Gasteiger partial charge in [0.05, 0.1) is 5.97 Å². The van der Waals surface area contributed by atoms with E-state index in [0.717, 1.165) is 14.2 Å². The largest absolute Gasteiger partial charge is 1.00 e. The fourth-order valence-electron chi connectivity index (χ4n) is 1.71. The van der Waals surface area contributed by atoms with Crippen LogP contribution in [0.5, 0.6) is 0 Å². The first-order valence-corrected chi connectivity index (χ1v) is 6.28. The summed E-state index contributed by atoms with van der Waals surface area (Å²) < 4.78 is 49.9. The summed E-state index contributed by atoms with van der Waals surface area (Å²) in [6.45, 7) is 0. The molecule has 0 unspecified atom stereocenters. The number of hydrogen-bond acceptors (Lipinski definition) is 10. The fraction of sp³-hybridized carbons (Fsp3) is 0.875. The van der Waals surface area contributed by atoms with Crippen molar-refractivity contribution in [1.82, 2.24) is 0 Å². The van der Waals surface area contributed by atoms with Crippen LogP contribution in [0.3, 0.4) is 0 Å². The van der Waals surface area contributed by atoms with Gasteiger partial charge in [0.1, 0.15) is 18.3 Å². The first-order valence-electron chi connectivity index (χ1n) is 4.95. The maximum atomic E-state index is 10.8. The number of ether oxygens (including phenoxy) is 3. The van der Waals surface area contributed by atoms with Crippen molar-refractivity contribution in [3.63, 3.8) is 0 Å². The van der Waals surface area contributed by atoms with Crippen LogP contribution in [0.2, 0.25) is 0 Å². The number of methoxy groups -OCH3 is 2. The Morgan fingerprint density at radius 3 is 2.05 bits per heavy atom. The molecule has 0 aromatic heterocycles. The monoisotopic (exact) mass is 346 g/mol. The van der Waals surface area contributed by atoms with Crippen molar-refractivity contribution in [1.29, 1.82) is 0 Å². The van der Waals surface area contributed by atoms with Gasteiger partial charge in [-0.15, -0.1) is 0 Å². The summed E-state index contributed by atoms with van der Waals surface area (Å²) in [5, 5.41) is 20.6. The van der Waals surface area contributed by atoms with Crippen LogP contribution in [0.1, 0.15) is 0 Å². The van der Waals surface area contributed by atoms with E-state index in [1.54, 1.807) is 0 Å². The molecule has 1 aliphatic rings. The van der Waals surface area contributed by atoms with Crippen LogP contribution in [-0.2, 0) is 33.6 Å². The van der Waals surface area contributed by atoms with Crippen molar-refractivity contribution in [3.05, 3.63) is 0 Å². The summed E-state index contributed by atoms with van der Waals surface area (Å²) in [4.78, 5) is 10.8. The van der Waals surface area contributed by atoms with Crippen LogP contribution in [-0.4, -0.2) is 69.0 Å². The van der Waals surface area contributed by atoms with Crippen molar-refractivity contribution in [2.75, 3.05) is 14.2 Å². The molecule has 1 heterocycles. The molecule has 13 heteroatoms. The number of carboxylic acid groups (broad SMARTS) is 1. The molecule has 21 heavy (non-hydrogen) atoms. The van der Waals surface area contributed by atoms with E-state index in [9.17, 15) is 28.0 Å². The van der Waals surface area contributed by atoms with Crippen LogP contribution >= 0.6 is 0 Å². The van der Waals surface area contributed by atoms with E-state index in [-0.39, 0.29) is 59.1 Å². The Morgan fingerprint density at radius 2 is 1.71 bits per heavy atom. The van der Waals surface area contributed by atoms with E-state index in [1.807, 2.05) is 0 Å². The summed E-state index contributed by atoms with van der Waals surface area (Å²) in [7, 11) is -3.05. The summed E-state index contributed by atoms with van der Waals surface area (Å²) >= 11 is 0. The topological polar surface area (TPSA) is 154 Å². The Kier molecular flexibility index (Phi) is 11.8. The predicted octanol–water partition coefficient (Wildman–Crippen LogP) is -9.66. The molecule has 0 aromatic carbocycles. The molecule has 1 N–H and O–H groups in total. The number of carbonyl (C=O) groups excluding carboxylic acids is 1. The second-order valence-corrected chi connectivity index (χ2v) is 4.65. The number of rotatable bonds is 5. The number of aliphatic hydroxyl groups excluding tert-OH is 1. The van der Waals surface area contributed by atoms with Crippen LogP contribution in [0, 0.1) is 0 Å². The number of carboxylic acids is 1. The minimum absolute atomic E-state index is 0. The SMILES string of the molecule is CO[C@@H]1O[C@@H](C(=O)[O-])[C@@H](OC)[C@H](O)[C@H]1OS(=O)(=O)[O-].[Na+].[Na+]. The van der Waals surface area contributed by atoms with Gasteiger partial charge in [0.15, 0.2) is 12.4 Å². The molecule has 0 amide bonds. The second kappa shape index (κ2) is 10.1. The molecule has 1 aliphatic heterocycles. The molecule has 1 fully saturated rings. The molecule has 0 aromatic rings. The van der Waals surface area contributed by atoms with E-state index in [4.69, 9.17) is 4.74 Å². The normalized spacial score (nSPS) is 32.7. The molecule has 1 rings (SSSR count). The molecule has 0 bridgehead atoms. The predicted molar refractivity (Wildman–Crippen MR) is 52.1 cm³/mol. The van der Waals surface area contributed by atoms with Gasteiger partial charge in [0, 0.05) is 14.2 Å². The zero-order chi connectivity index (χ0) is 14.8. The summed E-state index contributed by atoms with van der Waals surface area (Å²) in [5.74, 6) is -1.70. The number of carbonyl (C=O) groups is 1. The molecule has 112 valence electrons. The minimum atomic E-state index is -5.16. The Bertz CT molecular complexity index is 429. The van der Waals surface area contributed by atoms with E-state index >= 15 is 0 Å². The summed E-state index contributed by atoms with van der Waals surface area (Å²) in [6.07, 6.45) is -8.32. The molecule has 0 aliphatic carbocycles. The van der Waals surface area contributed by atoms with Crippen LogP contribution < -0.4 is 64.2 Å². The summed E-state index contributed by atoms with van der Waals surface area (Å²) in [6, 6.07) is 0. The van der Waals surface area contributed by atoms with Crippen LogP contribution in [0.4, 0.5) is 0 Å². The molecular formula is C8H12Na2O10S. The smallest absolute Gasteiger partial charge is 0.726 e. The first kappa shape index (κ1) is 24.4. The van der Waals surface area contributed by atoms with Gasteiger partial charge < -0.3 is 33.8 Å². The summed E-state index contributed by atoms with van der Waals surface area (Å²) in [5.41, 5.74) is 0. The van der Waals surface area contributed by atoms with E-state index in [2.05, 4.69) is 13.7 Å². The second-order valence-electron chi connectivity index (χ2n) is 3.64. The number of hydrogen-bond donors (Lipinski definition) is 1. The molecule has 0 saturated carbocycles. The number of aliphatic carboxylic acids is 1. The van der Waals surface area contributed by atoms with Crippen molar-refractivity contribution in [3.8, 4) is 0 Å². The zero-order valence-electron chi connectivity index (χ0n) is 11.9. The Hall–Kier alpha value is 1.18. The van der Waals surface area contributed by atoms with Gasteiger partial charge in [0.2, 0.25) is 10.4 Å². The quantitative estimate of drug-likeness (QED) is 0.288. The third kappa shape index (κ3) is 6.67. The third-order valence-corrected chi connectivity index (χ3v) is 2.94. The van der Waals surface area contributed by atoms with Crippen molar-refractivity contribution in [2.45, 2.75) is 30.7 Å². The van der Waals surface area contributed by atoms with Gasteiger partial charge in [-0.2, -0.15) is 0 Å². The van der Waals surface area contributed by atoms with Crippen LogP contribution in [0.15, 0.2) is 0 Å². The van der Waals surface area contributed by atoms with Gasteiger partial charge >= 0.3 is 59.1 Å². The van der Waals surface area contributed by atoms with E-state index < -0.39 is 47.1 Å².